The molecule has 0 aromatic rings. The van der Waals surface area contributed by atoms with Crippen molar-refractivity contribution in [1.29, 1.82) is 0 Å². The predicted molar refractivity (Wildman–Crippen MR) is 115 cm³/mol. The van der Waals surface area contributed by atoms with Gasteiger partial charge < -0.3 is 19.7 Å². The Kier molecular flexibility index (Phi) is 18.1. The quantitative estimate of drug-likeness (QED) is 0.221. The van der Waals surface area contributed by atoms with E-state index in [2.05, 4.69) is 13.8 Å². The molecule has 6 heteroatoms. The number of carbonyl (C=O) groups is 2. The highest BCUT2D eigenvalue weighted by Gasteiger charge is 2.36. The fourth-order valence-corrected chi connectivity index (χ4v) is 3.51. The van der Waals surface area contributed by atoms with E-state index in [0.717, 1.165) is 71.0 Å². The van der Waals surface area contributed by atoms with E-state index in [1.807, 2.05) is 0 Å². The molecule has 2 N–H and O–H groups in total. The number of ether oxygens (including phenoxy) is 2. The van der Waals surface area contributed by atoms with Crippen molar-refractivity contribution in [2.24, 2.45) is 5.41 Å². The largest absolute Gasteiger partial charge is 0.481 e. The van der Waals surface area contributed by atoms with Crippen molar-refractivity contribution < 1.29 is 29.3 Å². The maximum atomic E-state index is 12.2. The average molecular weight is 417 g/mol. The highest BCUT2D eigenvalue weighted by Crippen LogP contribution is 2.36. The fourth-order valence-electron chi connectivity index (χ4n) is 3.51. The lowest BCUT2D eigenvalue weighted by molar-refractivity contribution is -0.151. The van der Waals surface area contributed by atoms with Crippen molar-refractivity contribution in [3.63, 3.8) is 0 Å². The first-order valence-electron chi connectivity index (χ1n) is 11.6. The van der Waals surface area contributed by atoms with Gasteiger partial charge in [-0.15, -0.1) is 0 Å². The summed E-state index contributed by atoms with van der Waals surface area (Å²) in [7, 11) is 0. The summed E-state index contributed by atoms with van der Waals surface area (Å²) in [5.74, 6) is -1.49. The molecule has 6 nitrogen and oxygen atoms in total. The van der Waals surface area contributed by atoms with Crippen molar-refractivity contribution in [2.75, 3.05) is 26.4 Å². The van der Waals surface area contributed by atoms with Crippen molar-refractivity contribution in [1.82, 2.24) is 0 Å². The highest BCUT2D eigenvalue weighted by atomic mass is 16.5. The molecule has 0 bridgehead atoms. The van der Waals surface area contributed by atoms with Crippen molar-refractivity contribution >= 4 is 11.9 Å². The molecule has 0 unspecified atom stereocenters. The van der Waals surface area contributed by atoms with E-state index >= 15 is 0 Å². The van der Waals surface area contributed by atoms with Crippen LogP contribution in [0.3, 0.4) is 0 Å². The molecule has 0 aliphatic rings. The Morgan fingerprint density at radius 1 is 0.655 bits per heavy atom. The van der Waals surface area contributed by atoms with E-state index in [0.29, 0.717) is 38.9 Å². The number of carboxylic acids is 2. The minimum atomic E-state index is -0.768. The second-order valence-corrected chi connectivity index (χ2v) is 8.03. The van der Waals surface area contributed by atoms with Gasteiger partial charge in [-0.3, -0.25) is 9.59 Å². The van der Waals surface area contributed by atoms with Crippen LogP contribution in [0.1, 0.15) is 104 Å². The minimum absolute atomic E-state index is 0.189. The molecular weight excluding hydrogens is 372 g/mol. The van der Waals surface area contributed by atoms with Gasteiger partial charge in [0.1, 0.15) is 0 Å². The van der Waals surface area contributed by atoms with Crippen LogP contribution < -0.4 is 0 Å². The van der Waals surface area contributed by atoms with Crippen LogP contribution in [0.15, 0.2) is 0 Å². The van der Waals surface area contributed by atoms with E-state index < -0.39 is 17.4 Å². The maximum absolute atomic E-state index is 12.2. The summed E-state index contributed by atoms with van der Waals surface area (Å²) in [5, 5.41) is 18.7. The van der Waals surface area contributed by atoms with Crippen LogP contribution in [0.25, 0.3) is 0 Å². The minimum Gasteiger partial charge on any atom is -0.481 e. The van der Waals surface area contributed by atoms with E-state index in [-0.39, 0.29) is 6.42 Å². The third-order valence-corrected chi connectivity index (χ3v) is 5.42. The standard InChI is InChI=1S/C23H44O6/c1-3-5-17-28-19-11-15-23(22(26)27,16-12-20-29-18-6-4-2)14-10-8-7-9-13-21(24)25/h3-20H2,1-2H3,(H,24,25)(H,26,27). The van der Waals surface area contributed by atoms with Gasteiger partial charge in [-0.2, -0.15) is 0 Å². The van der Waals surface area contributed by atoms with Crippen LogP contribution in [-0.2, 0) is 19.1 Å². The Morgan fingerprint density at radius 3 is 1.55 bits per heavy atom. The SMILES string of the molecule is CCCCOCCCC(CCCCCCC(=O)O)(CCCOCCCC)C(=O)O. The first kappa shape index (κ1) is 27.9. The molecular formula is C23H44O6. The molecule has 0 rings (SSSR count). The van der Waals surface area contributed by atoms with Gasteiger partial charge >= 0.3 is 11.9 Å². The number of aliphatic carboxylic acids is 2. The van der Waals surface area contributed by atoms with E-state index in [9.17, 15) is 14.7 Å². The molecule has 0 fully saturated rings. The summed E-state index contributed by atoms with van der Waals surface area (Å²) in [6.45, 7) is 6.95. The lowest BCUT2D eigenvalue weighted by Gasteiger charge is -2.30. The molecule has 0 saturated carbocycles. The Balaban J connectivity index is 4.51. The summed E-state index contributed by atoms with van der Waals surface area (Å²) >= 11 is 0. The lowest BCUT2D eigenvalue weighted by atomic mass is 9.75. The summed E-state index contributed by atoms with van der Waals surface area (Å²) in [4.78, 5) is 22.8. The highest BCUT2D eigenvalue weighted by molar-refractivity contribution is 5.74. The molecule has 0 amide bonds. The number of carboxylic acid groups (broad SMARTS) is 2. The summed E-state index contributed by atoms with van der Waals surface area (Å²) < 4.78 is 11.3. The molecule has 0 heterocycles. The Labute approximate surface area is 177 Å². The Hall–Kier alpha value is -1.14. The van der Waals surface area contributed by atoms with E-state index in [1.165, 1.54) is 0 Å². The third-order valence-electron chi connectivity index (χ3n) is 5.42. The normalized spacial score (nSPS) is 11.7. The van der Waals surface area contributed by atoms with Crippen LogP contribution >= 0.6 is 0 Å². The van der Waals surface area contributed by atoms with Crippen LogP contribution in [0.4, 0.5) is 0 Å². The smallest absolute Gasteiger partial charge is 0.309 e. The van der Waals surface area contributed by atoms with Crippen LogP contribution in [0, 0.1) is 5.41 Å². The van der Waals surface area contributed by atoms with Gasteiger partial charge in [0, 0.05) is 32.8 Å². The Morgan fingerprint density at radius 2 is 1.10 bits per heavy atom. The van der Waals surface area contributed by atoms with E-state index in [4.69, 9.17) is 14.6 Å². The van der Waals surface area contributed by atoms with E-state index in [1.54, 1.807) is 0 Å². The molecule has 0 aliphatic heterocycles. The van der Waals surface area contributed by atoms with Gasteiger partial charge in [0.2, 0.25) is 0 Å². The van der Waals surface area contributed by atoms with Crippen LogP contribution in [0.5, 0.6) is 0 Å². The fraction of sp³-hybridized carbons (Fsp3) is 0.913. The molecule has 0 aromatic carbocycles. The monoisotopic (exact) mass is 416 g/mol. The second kappa shape index (κ2) is 18.9. The molecule has 172 valence electrons. The summed E-state index contributed by atoms with van der Waals surface area (Å²) in [6.07, 6.45) is 11.0. The van der Waals surface area contributed by atoms with Crippen LogP contribution in [0.2, 0.25) is 0 Å². The number of hydrogen-bond acceptors (Lipinski definition) is 4. The lowest BCUT2D eigenvalue weighted by Crippen LogP contribution is -2.32. The second-order valence-electron chi connectivity index (χ2n) is 8.03. The molecule has 0 spiro atoms. The average Bonchev–Trinajstić information content (AvgIpc) is 2.68. The Bertz CT molecular complexity index is 394. The van der Waals surface area contributed by atoms with Gasteiger partial charge in [-0.05, 0) is 51.4 Å². The van der Waals surface area contributed by atoms with Gasteiger partial charge in [-0.25, -0.2) is 0 Å². The van der Waals surface area contributed by atoms with Gasteiger partial charge in [0.05, 0.1) is 5.41 Å². The molecule has 0 saturated heterocycles. The summed E-state index contributed by atoms with van der Waals surface area (Å²) in [5.41, 5.74) is -0.727. The molecule has 0 radical (unpaired) electrons. The number of unbranched alkanes of at least 4 members (excludes halogenated alkanes) is 5. The first-order valence-corrected chi connectivity index (χ1v) is 11.6. The van der Waals surface area contributed by atoms with Crippen LogP contribution in [-0.4, -0.2) is 48.6 Å². The zero-order valence-corrected chi connectivity index (χ0v) is 18.8. The predicted octanol–water partition coefficient (Wildman–Crippen LogP) is 5.68. The molecule has 0 aliphatic carbocycles. The summed E-state index contributed by atoms with van der Waals surface area (Å²) in [6, 6.07) is 0. The zero-order chi connectivity index (χ0) is 21.8. The van der Waals surface area contributed by atoms with Gasteiger partial charge in [0.15, 0.2) is 0 Å². The van der Waals surface area contributed by atoms with Gasteiger partial charge in [-0.1, -0.05) is 46.0 Å². The third kappa shape index (κ3) is 15.4. The van der Waals surface area contributed by atoms with Crippen molar-refractivity contribution in [3.05, 3.63) is 0 Å². The van der Waals surface area contributed by atoms with Crippen molar-refractivity contribution in [2.45, 2.75) is 104 Å². The first-order chi connectivity index (χ1) is 14.0. The maximum Gasteiger partial charge on any atom is 0.309 e. The molecule has 0 aromatic heterocycles. The molecule has 0 atom stereocenters. The molecule has 29 heavy (non-hydrogen) atoms. The zero-order valence-electron chi connectivity index (χ0n) is 18.8. The van der Waals surface area contributed by atoms with Gasteiger partial charge in [0.25, 0.3) is 0 Å². The van der Waals surface area contributed by atoms with Crippen molar-refractivity contribution in [3.8, 4) is 0 Å². The number of rotatable bonds is 22. The number of hydrogen-bond donors (Lipinski definition) is 2. The topological polar surface area (TPSA) is 93.1 Å².